The molecule has 0 aromatic rings. The van der Waals surface area contributed by atoms with Crippen molar-refractivity contribution >= 4 is 30.7 Å². The summed E-state index contributed by atoms with van der Waals surface area (Å²) < 4.78 is 0. The third-order valence-electron chi connectivity index (χ3n) is 3.45. The first kappa shape index (κ1) is 20.3. The molecule has 4 nitrogen and oxygen atoms in total. The van der Waals surface area contributed by atoms with Gasteiger partial charge >= 0.3 is 0 Å². The molecule has 18 heavy (non-hydrogen) atoms. The van der Waals surface area contributed by atoms with Gasteiger partial charge in [0.15, 0.2) is 0 Å². The Labute approximate surface area is 123 Å². The number of amides is 1. The predicted octanol–water partition coefficient (Wildman–Crippen LogP) is 1.28. The molecule has 1 rings (SSSR count). The van der Waals surface area contributed by atoms with E-state index in [0.717, 1.165) is 19.5 Å². The second-order valence-corrected chi connectivity index (χ2v) is 5.15. The number of rotatable bonds is 4. The van der Waals surface area contributed by atoms with Gasteiger partial charge in [-0.3, -0.25) is 9.69 Å². The molecule has 6 heteroatoms. The number of hydrogen-bond acceptors (Lipinski definition) is 3. The third kappa shape index (κ3) is 6.78. The third-order valence-corrected chi connectivity index (χ3v) is 3.45. The molecule has 0 spiro atoms. The largest absolute Gasteiger partial charge is 0.351 e. The summed E-state index contributed by atoms with van der Waals surface area (Å²) in [7, 11) is 1.98. The van der Waals surface area contributed by atoms with Gasteiger partial charge in [0.2, 0.25) is 5.91 Å². The maximum Gasteiger partial charge on any atom is 0.234 e. The number of nitrogens with one attached hydrogen (secondary N) is 2. The molecular weight excluding hydrogens is 273 g/mol. The summed E-state index contributed by atoms with van der Waals surface area (Å²) in [5.41, 5.74) is 0. The van der Waals surface area contributed by atoms with E-state index >= 15 is 0 Å². The molecule has 0 radical (unpaired) electrons. The number of likely N-dealkylation sites (N-methyl/N-ethyl adjacent to an activating group) is 1. The van der Waals surface area contributed by atoms with Crippen molar-refractivity contribution in [3.05, 3.63) is 0 Å². The molecule has 2 atom stereocenters. The van der Waals surface area contributed by atoms with E-state index in [2.05, 4.69) is 36.3 Å². The van der Waals surface area contributed by atoms with Gasteiger partial charge in [-0.15, -0.1) is 24.8 Å². The molecule has 1 aliphatic rings. The molecule has 0 aromatic carbocycles. The van der Waals surface area contributed by atoms with Crippen molar-refractivity contribution in [3.8, 4) is 0 Å². The Morgan fingerprint density at radius 1 is 1.44 bits per heavy atom. The predicted molar refractivity (Wildman–Crippen MR) is 80.8 cm³/mol. The first-order valence-electron chi connectivity index (χ1n) is 6.21. The molecule has 1 aliphatic heterocycles. The van der Waals surface area contributed by atoms with Crippen LogP contribution in [-0.2, 0) is 4.79 Å². The molecule has 1 saturated heterocycles. The SMILES string of the molecule is CC1CCNCC1NC(=O)CN(C)C(C)C.Cl.Cl. The summed E-state index contributed by atoms with van der Waals surface area (Å²) in [6, 6.07) is 0.703. The molecule has 1 heterocycles. The van der Waals surface area contributed by atoms with Crippen LogP contribution in [0.5, 0.6) is 0 Å². The Bertz CT molecular complexity index is 239. The van der Waals surface area contributed by atoms with Crippen LogP contribution in [0.4, 0.5) is 0 Å². The van der Waals surface area contributed by atoms with Gasteiger partial charge in [-0.25, -0.2) is 0 Å². The van der Waals surface area contributed by atoms with E-state index in [1.807, 2.05) is 7.05 Å². The normalized spacial score (nSPS) is 23.2. The fraction of sp³-hybridized carbons (Fsp3) is 0.917. The molecule has 0 aliphatic carbocycles. The molecule has 2 unspecified atom stereocenters. The summed E-state index contributed by atoms with van der Waals surface area (Å²) in [4.78, 5) is 13.8. The minimum Gasteiger partial charge on any atom is -0.351 e. The lowest BCUT2D eigenvalue weighted by Gasteiger charge is -2.31. The number of carbonyl (C=O) groups excluding carboxylic acids is 1. The van der Waals surface area contributed by atoms with Crippen LogP contribution in [0.25, 0.3) is 0 Å². The van der Waals surface area contributed by atoms with Crippen molar-refractivity contribution in [1.29, 1.82) is 0 Å². The Morgan fingerprint density at radius 3 is 2.56 bits per heavy atom. The average molecular weight is 300 g/mol. The average Bonchev–Trinajstić information content (AvgIpc) is 2.21. The van der Waals surface area contributed by atoms with E-state index in [0.29, 0.717) is 24.5 Å². The highest BCUT2D eigenvalue weighted by atomic mass is 35.5. The van der Waals surface area contributed by atoms with Crippen LogP contribution >= 0.6 is 24.8 Å². The van der Waals surface area contributed by atoms with Crippen LogP contribution < -0.4 is 10.6 Å². The maximum atomic E-state index is 11.8. The van der Waals surface area contributed by atoms with E-state index < -0.39 is 0 Å². The lowest BCUT2D eigenvalue weighted by Crippen LogP contribution is -2.52. The standard InChI is InChI=1S/C12H25N3O.2ClH/c1-9(2)15(4)8-12(16)14-11-7-13-6-5-10(11)3;;/h9-11,13H,5-8H2,1-4H3,(H,14,16);2*1H. The molecular formula is C12H27Cl2N3O. The van der Waals surface area contributed by atoms with Gasteiger partial charge in [0, 0.05) is 18.6 Å². The molecule has 2 N–H and O–H groups in total. The zero-order valence-corrected chi connectivity index (χ0v) is 13.4. The second kappa shape index (κ2) is 9.84. The van der Waals surface area contributed by atoms with Gasteiger partial charge in [-0.1, -0.05) is 6.92 Å². The molecule has 0 aromatic heterocycles. The summed E-state index contributed by atoms with van der Waals surface area (Å²) in [5.74, 6) is 0.714. The fourth-order valence-electron chi connectivity index (χ4n) is 1.84. The minimum atomic E-state index is 0. The van der Waals surface area contributed by atoms with E-state index in [4.69, 9.17) is 0 Å². The zero-order valence-electron chi connectivity index (χ0n) is 11.7. The summed E-state index contributed by atoms with van der Waals surface area (Å²) in [5, 5.41) is 6.43. The molecule has 1 amide bonds. The number of hydrogen-bond donors (Lipinski definition) is 2. The van der Waals surface area contributed by atoms with Gasteiger partial charge in [0.05, 0.1) is 6.54 Å². The first-order chi connectivity index (χ1) is 7.50. The molecule has 1 fully saturated rings. The molecule has 110 valence electrons. The molecule has 0 bridgehead atoms. The van der Waals surface area contributed by atoms with Crippen LogP contribution in [0.2, 0.25) is 0 Å². The number of piperidine rings is 1. The Kier molecular flexibility index (Phi) is 11.1. The zero-order chi connectivity index (χ0) is 12.1. The van der Waals surface area contributed by atoms with Gasteiger partial charge < -0.3 is 10.6 Å². The van der Waals surface area contributed by atoms with Crippen molar-refractivity contribution in [3.63, 3.8) is 0 Å². The van der Waals surface area contributed by atoms with Crippen molar-refractivity contribution < 1.29 is 4.79 Å². The van der Waals surface area contributed by atoms with E-state index in [9.17, 15) is 4.79 Å². The fourth-order valence-corrected chi connectivity index (χ4v) is 1.84. The lowest BCUT2D eigenvalue weighted by molar-refractivity contribution is -0.123. The monoisotopic (exact) mass is 299 g/mol. The second-order valence-electron chi connectivity index (χ2n) is 5.15. The molecule has 0 saturated carbocycles. The highest BCUT2D eigenvalue weighted by Gasteiger charge is 2.22. The van der Waals surface area contributed by atoms with Gasteiger partial charge in [-0.05, 0) is 39.8 Å². The topological polar surface area (TPSA) is 44.4 Å². The van der Waals surface area contributed by atoms with Crippen LogP contribution in [0.1, 0.15) is 27.2 Å². The number of carbonyl (C=O) groups is 1. The quantitative estimate of drug-likeness (QED) is 0.822. The van der Waals surface area contributed by atoms with Crippen LogP contribution in [0, 0.1) is 5.92 Å². The van der Waals surface area contributed by atoms with E-state index in [1.54, 1.807) is 0 Å². The van der Waals surface area contributed by atoms with Gasteiger partial charge in [-0.2, -0.15) is 0 Å². The highest BCUT2D eigenvalue weighted by molar-refractivity contribution is 5.85. The lowest BCUT2D eigenvalue weighted by atomic mass is 9.95. The van der Waals surface area contributed by atoms with Gasteiger partial charge in [0.1, 0.15) is 0 Å². The Balaban J connectivity index is 0. The summed E-state index contributed by atoms with van der Waals surface area (Å²) >= 11 is 0. The number of nitrogens with zero attached hydrogens (tertiary/aromatic N) is 1. The first-order valence-corrected chi connectivity index (χ1v) is 6.21. The Hall–Kier alpha value is -0.0300. The van der Waals surface area contributed by atoms with Crippen molar-refractivity contribution in [2.75, 3.05) is 26.7 Å². The van der Waals surface area contributed by atoms with E-state index in [1.165, 1.54) is 0 Å². The van der Waals surface area contributed by atoms with E-state index in [-0.39, 0.29) is 30.7 Å². The number of halogens is 2. The summed E-state index contributed by atoms with van der Waals surface area (Å²) in [6.07, 6.45) is 1.14. The van der Waals surface area contributed by atoms with Crippen molar-refractivity contribution in [2.45, 2.75) is 39.3 Å². The smallest absolute Gasteiger partial charge is 0.234 e. The van der Waals surface area contributed by atoms with Crippen LogP contribution in [0.3, 0.4) is 0 Å². The van der Waals surface area contributed by atoms with Crippen molar-refractivity contribution in [1.82, 2.24) is 15.5 Å². The van der Waals surface area contributed by atoms with Gasteiger partial charge in [0.25, 0.3) is 0 Å². The maximum absolute atomic E-state index is 11.8. The van der Waals surface area contributed by atoms with Crippen LogP contribution in [-0.4, -0.2) is 49.6 Å². The summed E-state index contributed by atoms with van der Waals surface area (Å²) in [6.45, 7) is 8.85. The minimum absolute atomic E-state index is 0. The highest BCUT2D eigenvalue weighted by Crippen LogP contribution is 2.10. The Morgan fingerprint density at radius 2 is 2.06 bits per heavy atom. The van der Waals surface area contributed by atoms with Crippen LogP contribution in [0.15, 0.2) is 0 Å². The van der Waals surface area contributed by atoms with Crippen molar-refractivity contribution in [2.24, 2.45) is 5.92 Å².